The normalized spacial score (nSPS) is 22.2. The maximum absolute atomic E-state index is 5.79. The Labute approximate surface area is 84.3 Å². The van der Waals surface area contributed by atoms with Crippen molar-refractivity contribution in [3.8, 4) is 5.75 Å². The molecule has 2 rings (SSSR count). The quantitative estimate of drug-likeness (QED) is 0.783. The summed E-state index contributed by atoms with van der Waals surface area (Å²) in [5, 5.41) is 7.50. The van der Waals surface area contributed by atoms with E-state index in [0.717, 1.165) is 31.8 Å². The van der Waals surface area contributed by atoms with Gasteiger partial charge in [-0.15, -0.1) is 0 Å². The van der Waals surface area contributed by atoms with Crippen molar-refractivity contribution in [2.75, 3.05) is 13.1 Å². The highest BCUT2D eigenvalue weighted by molar-refractivity contribution is 5.12. The lowest BCUT2D eigenvalue weighted by molar-refractivity contribution is 0.167. The van der Waals surface area contributed by atoms with E-state index in [1.807, 2.05) is 10.9 Å². The summed E-state index contributed by atoms with van der Waals surface area (Å²) in [6.07, 6.45) is 6.40. The molecule has 1 N–H and O–H groups in total. The molecule has 4 heteroatoms. The maximum Gasteiger partial charge on any atom is 0.157 e. The molecule has 0 saturated carbocycles. The summed E-state index contributed by atoms with van der Waals surface area (Å²) >= 11 is 0. The predicted molar refractivity (Wildman–Crippen MR) is 54.4 cm³/mol. The van der Waals surface area contributed by atoms with Gasteiger partial charge in [-0.2, -0.15) is 5.10 Å². The van der Waals surface area contributed by atoms with E-state index in [1.54, 1.807) is 6.20 Å². The van der Waals surface area contributed by atoms with Crippen LogP contribution < -0.4 is 10.1 Å². The largest absolute Gasteiger partial charge is 0.486 e. The molecule has 0 aromatic carbocycles. The summed E-state index contributed by atoms with van der Waals surface area (Å²) in [4.78, 5) is 0. The maximum atomic E-state index is 5.79. The number of rotatable bonds is 3. The molecule has 0 amide bonds. The van der Waals surface area contributed by atoms with E-state index in [2.05, 4.69) is 17.3 Å². The number of ether oxygens (including phenoxy) is 1. The summed E-state index contributed by atoms with van der Waals surface area (Å²) in [5.74, 6) is 0.889. The van der Waals surface area contributed by atoms with Crippen LogP contribution in [-0.4, -0.2) is 29.0 Å². The first-order chi connectivity index (χ1) is 6.88. The number of aromatic nitrogens is 2. The van der Waals surface area contributed by atoms with Gasteiger partial charge in [0.25, 0.3) is 0 Å². The highest BCUT2D eigenvalue weighted by Gasteiger charge is 2.14. The van der Waals surface area contributed by atoms with Gasteiger partial charge in [-0.05, 0) is 26.3 Å². The van der Waals surface area contributed by atoms with Crippen molar-refractivity contribution < 1.29 is 4.74 Å². The van der Waals surface area contributed by atoms with Crippen LogP contribution in [0.4, 0.5) is 0 Å². The van der Waals surface area contributed by atoms with E-state index in [-0.39, 0.29) is 0 Å². The third-order valence-electron chi connectivity index (χ3n) is 2.49. The molecule has 0 unspecified atom stereocenters. The Hall–Kier alpha value is -1.03. The Morgan fingerprint density at radius 1 is 1.71 bits per heavy atom. The first-order valence-electron chi connectivity index (χ1n) is 5.28. The van der Waals surface area contributed by atoms with Crippen LogP contribution in [0.15, 0.2) is 12.4 Å². The minimum Gasteiger partial charge on any atom is -0.486 e. The van der Waals surface area contributed by atoms with Crippen molar-refractivity contribution in [1.29, 1.82) is 0 Å². The van der Waals surface area contributed by atoms with Crippen molar-refractivity contribution in [1.82, 2.24) is 15.1 Å². The number of hydrogen-bond acceptors (Lipinski definition) is 3. The monoisotopic (exact) mass is 195 g/mol. The Balaban J connectivity index is 1.89. The Morgan fingerprint density at radius 2 is 2.64 bits per heavy atom. The van der Waals surface area contributed by atoms with Crippen LogP contribution in [-0.2, 0) is 6.54 Å². The van der Waals surface area contributed by atoms with E-state index < -0.39 is 0 Å². The lowest BCUT2D eigenvalue weighted by Gasteiger charge is -2.22. The molecule has 1 atom stereocenters. The Bertz CT molecular complexity index is 279. The topological polar surface area (TPSA) is 39.1 Å². The van der Waals surface area contributed by atoms with Crippen molar-refractivity contribution >= 4 is 0 Å². The van der Waals surface area contributed by atoms with Crippen molar-refractivity contribution in [2.24, 2.45) is 0 Å². The predicted octanol–water partition coefficient (Wildman–Crippen LogP) is 1.03. The molecule has 0 spiro atoms. The zero-order valence-electron chi connectivity index (χ0n) is 8.57. The molecule has 1 fully saturated rings. The van der Waals surface area contributed by atoms with Gasteiger partial charge in [-0.3, -0.25) is 4.68 Å². The molecular formula is C10H17N3O. The average molecular weight is 195 g/mol. The number of piperidine rings is 1. The first-order valence-corrected chi connectivity index (χ1v) is 5.28. The van der Waals surface area contributed by atoms with Gasteiger partial charge < -0.3 is 10.1 Å². The smallest absolute Gasteiger partial charge is 0.157 e. The molecule has 0 aliphatic carbocycles. The first kappa shape index (κ1) is 9.52. The second-order valence-electron chi connectivity index (χ2n) is 3.62. The van der Waals surface area contributed by atoms with Gasteiger partial charge in [-0.25, -0.2) is 0 Å². The fraction of sp³-hybridized carbons (Fsp3) is 0.700. The van der Waals surface area contributed by atoms with Crippen LogP contribution in [0, 0.1) is 0 Å². The van der Waals surface area contributed by atoms with Gasteiger partial charge >= 0.3 is 0 Å². The van der Waals surface area contributed by atoms with Crippen LogP contribution in [0.25, 0.3) is 0 Å². The molecule has 2 heterocycles. The SMILES string of the molecule is CCn1cc(O[C@H]2CCCNC2)cn1. The van der Waals surface area contributed by atoms with Crippen molar-refractivity contribution in [3.05, 3.63) is 12.4 Å². The third-order valence-corrected chi connectivity index (χ3v) is 2.49. The van der Waals surface area contributed by atoms with Crippen LogP contribution >= 0.6 is 0 Å². The molecule has 1 aromatic rings. The summed E-state index contributed by atoms with van der Waals surface area (Å²) < 4.78 is 7.67. The summed E-state index contributed by atoms with van der Waals surface area (Å²) in [5.41, 5.74) is 0. The van der Waals surface area contributed by atoms with E-state index in [9.17, 15) is 0 Å². The van der Waals surface area contributed by atoms with Gasteiger partial charge in [0.1, 0.15) is 6.10 Å². The third kappa shape index (κ3) is 2.26. The average Bonchev–Trinajstić information content (AvgIpc) is 2.67. The van der Waals surface area contributed by atoms with Gasteiger partial charge in [0.05, 0.1) is 12.4 Å². The second kappa shape index (κ2) is 4.46. The van der Waals surface area contributed by atoms with Gasteiger partial charge in [0.2, 0.25) is 0 Å². The summed E-state index contributed by atoms with van der Waals surface area (Å²) in [7, 11) is 0. The van der Waals surface area contributed by atoms with E-state index in [4.69, 9.17) is 4.74 Å². The molecule has 1 aliphatic heterocycles. The lowest BCUT2D eigenvalue weighted by Crippen LogP contribution is -2.37. The second-order valence-corrected chi connectivity index (χ2v) is 3.62. The molecule has 0 radical (unpaired) electrons. The van der Waals surface area contributed by atoms with Gasteiger partial charge in [0.15, 0.2) is 5.75 Å². The summed E-state index contributed by atoms with van der Waals surface area (Å²) in [6, 6.07) is 0. The highest BCUT2D eigenvalue weighted by Crippen LogP contribution is 2.14. The number of nitrogens with one attached hydrogen (secondary N) is 1. The number of nitrogens with zero attached hydrogens (tertiary/aromatic N) is 2. The number of hydrogen-bond donors (Lipinski definition) is 1. The zero-order chi connectivity index (χ0) is 9.80. The molecule has 1 saturated heterocycles. The van der Waals surface area contributed by atoms with Crippen LogP contribution in [0.3, 0.4) is 0 Å². The standard InChI is InChI=1S/C10H17N3O/c1-2-13-8-10(7-12-13)14-9-4-3-5-11-6-9/h7-9,11H,2-6H2,1H3/t9-/m0/s1. The molecule has 1 aliphatic rings. The fourth-order valence-electron chi connectivity index (χ4n) is 1.69. The molecule has 14 heavy (non-hydrogen) atoms. The lowest BCUT2D eigenvalue weighted by atomic mass is 10.1. The Kier molecular flexibility index (Phi) is 3.03. The number of aryl methyl sites for hydroxylation is 1. The van der Waals surface area contributed by atoms with E-state index in [1.165, 1.54) is 6.42 Å². The minimum atomic E-state index is 0.318. The fourth-order valence-corrected chi connectivity index (χ4v) is 1.69. The Morgan fingerprint density at radius 3 is 3.29 bits per heavy atom. The minimum absolute atomic E-state index is 0.318. The van der Waals surface area contributed by atoms with Gasteiger partial charge in [-0.1, -0.05) is 0 Å². The zero-order valence-corrected chi connectivity index (χ0v) is 8.57. The van der Waals surface area contributed by atoms with Gasteiger partial charge in [0, 0.05) is 13.1 Å². The van der Waals surface area contributed by atoms with E-state index in [0.29, 0.717) is 6.10 Å². The molecule has 4 nitrogen and oxygen atoms in total. The van der Waals surface area contributed by atoms with E-state index >= 15 is 0 Å². The van der Waals surface area contributed by atoms with Crippen molar-refractivity contribution in [3.63, 3.8) is 0 Å². The summed E-state index contributed by atoms with van der Waals surface area (Å²) in [6.45, 7) is 5.04. The van der Waals surface area contributed by atoms with Crippen LogP contribution in [0.1, 0.15) is 19.8 Å². The molecular weight excluding hydrogens is 178 g/mol. The van der Waals surface area contributed by atoms with Crippen molar-refractivity contribution in [2.45, 2.75) is 32.4 Å². The molecule has 1 aromatic heterocycles. The molecule has 78 valence electrons. The highest BCUT2D eigenvalue weighted by atomic mass is 16.5. The van der Waals surface area contributed by atoms with Crippen LogP contribution in [0.2, 0.25) is 0 Å². The van der Waals surface area contributed by atoms with Crippen LogP contribution in [0.5, 0.6) is 5.75 Å². The molecule has 0 bridgehead atoms.